The Balaban J connectivity index is 4.54. The van der Waals surface area contributed by atoms with Gasteiger partial charge in [0.1, 0.15) is 0 Å². The van der Waals surface area contributed by atoms with E-state index in [0.717, 1.165) is 5.88 Å². The molecule has 0 aliphatic rings. The minimum Gasteiger partial charge on any atom is -0.126 e. The molecule has 1 heteroatoms. The summed E-state index contributed by atoms with van der Waals surface area (Å²) in [6.07, 6.45) is 3.75. The molecule has 2 atom stereocenters. The summed E-state index contributed by atoms with van der Waals surface area (Å²) in [5.74, 6) is 1.39. The molecular weight excluding hydrogens is 192 g/mol. The van der Waals surface area contributed by atoms with Crippen LogP contribution in [0.3, 0.4) is 0 Å². The number of rotatable bonds is 6. The predicted octanol–water partition coefficient (Wildman–Crippen LogP) is 5.10. The molecule has 0 radical (unpaired) electrons. The normalized spacial score (nSPS) is 19.1. The smallest absolute Gasteiger partial charge is 0.0254 e. The van der Waals surface area contributed by atoms with Crippen LogP contribution in [0.2, 0.25) is 0 Å². The number of hydrogen-bond donors (Lipinski definition) is 0. The predicted molar refractivity (Wildman–Crippen MR) is 67.0 cm³/mol. The third-order valence-electron chi connectivity index (χ3n) is 4.07. The summed E-state index contributed by atoms with van der Waals surface area (Å²) in [4.78, 5) is 0. The molecule has 0 aromatic rings. The third-order valence-corrected chi connectivity index (χ3v) is 4.53. The minimum absolute atomic E-state index is 0.404. The van der Waals surface area contributed by atoms with E-state index < -0.39 is 0 Å². The van der Waals surface area contributed by atoms with Gasteiger partial charge in [-0.1, -0.05) is 54.4 Å². The van der Waals surface area contributed by atoms with Crippen LogP contribution in [-0.2, 0) is 0 Å². The minimum atomic E-state index is 0.404. The van der Waals surface area contributed by atoms with Gasteiger partial charge in [-0.15, -0.1) is 11.6 Å². The van der Waals surface area contributed by atoms with Gasteiger partial charge in [0.2, 0.25) is 0 Å². The van der Waals surface area contributed by atoms with Crippen LogP contribution in [0.4, 0.5) is 0 Å². The first-order valence-corrected chi connectivity index (χ1v) is 6.40. The summed E-state index contributed by atoms with van der Waals surface area (Å²) in [6, 6.07) is 0. The Morgan fingerprint density at radius 3 is 1.86 bits per heavy atom. The van der Waals surface area contributed by atoms with Crippen molar-refractivity contribution in [1.82, 2.24) is 0 Å². The molecule has 0 heterocycles. The van der Waals surface area contributed by atoms with Crippen LogP contribution in [-0.4, -0.2) is 5.88 Å². The van der Waals surface area contributed by atoms with Crippen molar-refractivity contribution in [3.05, 3.63) is 0 Å². The second-order valence-corrected chi connectivity index (χ2v) is 6.07. The van der Waals surface area contributed by atoms with Crippen molar-refractivity contribution in [2.45, 2.75) is 60.8 Å². The fraction of sp³-hybridized carbons (Fsp3) is 1.00. The molecule has 0 amide bonds. The molecule has 0 saturated carbocycles. The molecule has 0 N–H and O–H groups in total. The van der Waals surface area contributed by atoms with Crippen LogP contribution in [0.1, 0.15) is 60.8 Å². The van der Waals surface area contributed by atoms with Gasteiger partial charge in [-0.05, 0) is 23.2 Å². The number of alkyl halides is 1. The summed E-state index contributed by atoms with van der Waals surface area (Å²) in [7, 11) is 0. The lowest BCUT2D eigenvalue weighted by atomic mass is 9.66. The lowest BCUT2D eigenvalue weighted by Gasteiger charge is -2.40. The van der Waals surface area contributed by atoms with E-state index in [-0.39, 0.29) is 0 Å². The van der Waals surface area contributed by atoms with Crippen LogP contribution < -0.4 is 0 Å². The quantitative estimate of drug-likeness (QED) is 0.544. The standard InChI is InChI=1S/C13H27Cl/c1-7-12(4,5)10-13(6,8-2)11(3)9-14/h11H,7-10H2,1-6H3. The van der Waals surface area contributed by atoms with Gasteiger partial charge in [0.25, 0.3) is 0 Å². The van der Waals surface area contributed by atoms with E-state index in [1.807, 2.05) is 0 Å². The largest absolute Gasteiger partial charge is 0.126 e. The summed E-state index contributed by atoms with van der Waals surface area (Å²) < 4.78 is 0. The number of halogens is 1. The van der Waals surface area contributed by atoms with E-state index in [4.69, 9.17) is 11.6 Å². The van der Waals surface area contributed by atoms with Gasteiger partial charge in [0.15, 0.2) is 0 Å². The average molecular weight is 219 g/mol. The SMILES string of the molecule is CCC(C)(C)CC(C)(CC)C(C)CCl. The summed E-state index contributed by atoms with van der Waals surface area (Å²) in [5.41, 5.74) is 0.854. The third kappa shape index (κ3) is 3.81. The maximum absolute atomic E-state index is 5.99. The van der Waals surface area contributed by atoms with Crippen LogP contribution in [0.5, 0.6) is 0 Å². The van der Waals surface area contributed by atoms with Gasteiger partial charge in [-0.2, -0.15) is 0 Å². The van der Waals surface area contributed by atoms with E-state index in [0.29, 0.717) is 16.7 Å². The lowest BCUT2D eigenvalue weighted by Crippen LogP contribution is -2.31. The Morgan fingerprint density at radius 1 is 1.07 bits per heavy atom. The molecule has 0 spiro atoms. The van der Waals surface area contributed by atoms with Gasteiger partial charge < -0.3 is 0 Å². The Bertz CT molecular complexity index is 163. The van der Waals surface area contributed by atoms with E-state index in [9.17, 15) is 0 Å². The molecule has 0 nitrogen and oxygen atoms in total. The fourth-order valence-corrected chi connectivity index (χ4v) is 2.42. The summed E-state index contributed by atoms with van der Waals surface area (Å²) >= 11 is 5.99. The zero-order valence-electron chi connectivity index (χ0n) is 10.8. The molecule has 0 aromatic carbocycles. The highest BCUT2D eigenvalue weighted by Crippen LogP contribution is 2.43. The van der Waals surface area contributed by atoms with E-state index in [1.54, 1.807) is 0 Å². The Kier molecular flexibility index (Phi) is 5.51. The Hall–Kier alpha value is 0.290. The van der Waals surface area contributed by atoms with Gasteiger partial charge in [0.05, 0.1) is 0 Å². The van der Waals surface area contributed by atoms with Crippen molar-refractivity contribution in [1.29, 1.82) is 0 Å². The van der Waals surface area contributed by atoms with Gasteiger partial charge in [-0.25, -0.2) is 0 Å². The zero-order valence-corrected chi connectivity index (χ0v) is 11.5. The zero-order chi connectivity index (χ0) is 11.4. The van der Waals surface area contributed by atoms with Gasteiger partial charge >= 0.3 is 0 Å². The van der Waals surface area contributed by atoms with Gasteiger partial charge in [-0.3, -0.25) is 0 Å². The molecule has 0 bridgehead atoms. The monoisotopic (exact) mass is 218 g/mol. The second kappa shape index (κ2) is 5.39. The highest BCUT2D eigenvalue weighted by Gasteiger charge is 2.34. The van der Waals surface area contributed by atoms with Crippen molar-refractivity contribution in [2.75, 3.05) is 5.88 Å². The highest BCUT2D eigenvalue weighted by atomic mass is 35.5. The molecule has 0 aliphatic heterocycles. The molecule has 0 aliphatic carbocycles. The van der Waals surface area contributed by atoms with Crippen molar-refractivity contribution in [3.63, 3.8) is 0 Å². The van der Waals surface area contributed by atoms with E-state index in [1.165, 1.54) is 19.3 Å². The Labute approximate surface area is 95.4 Å². The molecule has 86 valence electrons. The first kappa shape index (κ1) is 14.3. The lowest BCUT2D eigenvalue weighted by molar-refractivity contribution is 0.113. The molecule has 2 unspecified atom stereocenters. The van der Waals surface area contributed by atoms with Crippen LogP contribution >= 0.6 is 11.6 Å². The molecular formula is C13H27Cl. The van der Waals surface area contributed by atoms with Crippen molar-refractivity contribution >= 4 is 11.6 Å². The average Bonchev–Trinajstić information content (AvgIpc) is 2.15. The van der Waals surface area contributed by atoms with Crippen LogP contribution in [0.25, 0.3) is 0 Å². The van der Waals surface area contributed by atoms with Crippen LogP contribution in [0, 0.1) is 16.7 Å². The maximum Gasteiger partial charge on any atom is 0.0254 e. The van der Waals surface area contributed by atoms with E-state index in [2.05, 4.69) is 41.5 Å². The molecule has 0 aromatic heterocycles. The first-order valence-electron chi connectivity index (χ1n) is 5.87. The Morgan fingerprint density at radius 2 is 1.57 bits per heavy atom. The maximum atomic E-state index is 5.99. The van der Waals surface area contributed by atoms with Crippen LogP contribution in [0.15, 0.2) is 0 Å². The molecule has 0 fully saturated rings. The highest BCUT2D eigenvalue weighted by molar-refractivity contribution is 6.18. The molecule has 0 saturated heterocycles. The van der Waals surface area contributed by atoms with Crippen molar-refractivity contribution in [2.24, 2.45) is 16.7 Å². The first-order chi connectivity index (χ1) is 6.31. The topological polar surface area (TPSA) is 0 Å². The van der Waals surface area contributed by atoms with Crippen molar-refractivity contribution in [3.8, 4) is 0 Å². The molecule has 0 rings (SSSR count). The number of hydrogen-bond acceptors (Lipinski definition) is 0. The fourth-order valence-electron chi connectivity index (χ4n) is 2.05. The second-order valence-electron chi connectivity index (χ2n) is 5.76. The molecule has 14 heavy (non-hydrogen) atoms. The van der Waals surface area contributed by atoms with E-state index >= 15 is 0 Å². The summed E-state index contributed by atoms with van der Waals surface area (Å²) in [5, 5.41) is 0. The van der Waals surface area contributed by atoms with Gasteiger partial charge in [0, 0.05) is 5.88 Å². The summed E-state index contributed by atoms with van der Waals surface area (Å²) in [6.45, 7) is 14.0. The van der Waals surface area contributed by atoms with Crippen molar-refractivity contribution < 1.29 is 0 Å².